The largest absolute Gasteiger partial charge is 0.387 e. The SMILES string of the molecule is CCCN(C)c1ccc([C@H](O)CC)nc1. The number of nitrogens with zero attached hydrogens (tertiary/aromatic N) is 2. The van der Waals surface area contributed by atoms with Gasteiger partial charge in [-0.25, -0.2) is 0 Å². The maximum atomic E-state index is 9.59. The second kappa shape index (κ2) is 5.71. The van der Waals surface area contributed by atoms with Crippen molar-refractivity contribution in [2.75, 3.05) is 18.5 Å². The molecule has 0 saturated heterocycles. The van der Waals surface area contributed by atoms with Crippen LogP contribution >= 0.6 is 0 Å². The number of aliphatic hydroxyl groups excluding tert-OH is 1. The van der Waals surface area contributed by atoms with Crippen LogP contribution in [0.4, 0.5) is 5.69 Å². The number of anilines is 1. The summed E-state index contributed by atoms with van der Waals surface area (Å²) in [5, 5.41) is 9.59. The lowest BCUT2D eigenvalue weighted by Gasteiger charge is -2.18. The number of pyridine rings is 1. The first-order chi connectivity index (χ1) is 7.19. The smallest absolute Gasteiger partial charge is 0.0957 e. The minimum atomic E-state index is -0.435. The topological polar surface area (TPSA) is 36.4 Å². The fourth-order valence-electron chi connectivity index (χ4n) is 1.49. The van der Waals surface area contributed by atoms with Crippen molar-refractivity contribution in [3.05, 3.63) is 24.0 Å². The van der Waals surface area contributed by atoms with Crippen molar-refractivity contribution in [1.29, 1.82) is 0 Å². The Morgan fingerprint density at radius 1 is 1.40 bits per heavy atom. The van der Waals surface area contributed by atoms with Crippen LogP contribution in [0.1, 0.15) is 38.5 Å². The van der Waals surface area contributed by atoms with Gasteiger partial charge < -0.3 is 10.0 Å². The summed E-state index contributed by atoms with van der Waals surface area (Å²) >= 11 is 0. The lowest BCUT2D eigenvalue weighted by Crippen LogP contribution is -2.18. The molecule has 0 aliphatic carbocycles. The summed E-state index contributed by atoms with van der Waals surface area (Å²) in [4.78, 5) is 6.42. The van der Waals surface area contributed by atoms with Crippen LogP contribution in [-0.2, 0) is 0 Å². The Morgan fingerprint density at radius 3 is 2.60 bits per heavy atom. The Hall–Kier alpha value is -1.09. The standard InChI is InChI=1S/C12H20N2O/c1-4-8-14(3)10-6-7-11(13-9-10)12(15)5-2/h6-7,9,12,15H,4-5,8H2,1-3H3/t12-/m1/s1. The molecule has 1 aromatic rings. The van der Waals surface area contributed by atoms with Gasteiger partial charge in [0.05, 0.1) is 23.7 Å². The van der Waals surface area contributed by atoms with Crippen LogP contribution in [0.25, 0.3) is 0 Å². The molecule has 0 aromatic carbocycles. The Labute approximate surface area is 91.8 Å². The number of rotatable bonds is 5. The highest BCUT2D eigenvalue weighted by Crippen LogP contribution is 2.17. The van der Waals surface area contributed by atoms with Crippen molar-refractivity contribution in [2.24, 2.45) is 0 Å². The molecule has 1 rings (SSSR count). The molecular formula is C12H20N2O. The van der Waals surface area contributed by atoms with Crippen LogP contribution < -0.4 is 4.90 Å². The highest BCUT2D eigenvalue weighted by atomic mass is 16.3. The van der Waals surface area contributed by atoms with Gasteiger partial charge in [0.1, 0.15) is 0 Å². The van der Waals surface area contributed by atoms with E-state index in [9.17, 15) is 5.11 Å². The van der Waals surface area contributed by atoms with E-state index in [1.165, 1.54) is 0 Å². The van der Waals surface area contributed by atoms with Crippen molar-refractivity contribution in [2.45, 2.75) is 32.8 Å². The lowest BCUT2D eigenvalue weighted by atomic mass is 10.2. The normalized spacial score (nSPS) is 12.5. The molecule has 1 atom stereocenters. The minimum Gasteiger partial charge on any atom is -0.387 e. The van der Waals surface area contributed by atoms with Gasteiger partial charge in [0, 0.05) is 13.6 Å². The number of hydrogen-bond donors (Lipinski definition) is 1. The van der Waals surface area contributed by atoms with E-state index in [4.69, 9.17) is 0 Å². The van der Waals surface area contributed by atoms with E-state index >= 15 is 0 Å². The average Bonchev–Trinajstić information content (AvgIpc) is 2.28. The molecule has 84 valence electrons. The monoisotopic (exact) mass is 208 g/mol. The fraction of sp³-hybridized carbons (Fsp3) is 0.583. The first-order valence-corrected chi connectivity index (χ1v) is 5.54. The van der Waals surface area contributed by atoms with Crippen LogP contribution in [-0.4, -0.2) is 23.7 Å². The summed E-state index contributed by atoms with van der Waals surface area (Å²) in [7, 11) is 2.05. The van der Waals surface area contributed by atoms with Crippen molar-refractivity contribution in [3.63, 3.8) is 0 Å². The Balaban J connectivity index is 2.71. The van der Waals surface area contributed by atoms with E-state index in [-0.39, 0.29) is 0 Å². The van der Waals surface area contributed by atoms with Gasteiger partial charge in [-0.1, -0.05) is 13.8 Å². The van der Waals surface area contributed by atoms with Crippen molar-refractivity contribution >= 4 is 5.69 Å². The molecule has 0 amide bonds. The molecule has 15 heavy (non-hydrogen) atoms. The minimum absolute atomic E-state index is 0.435. The molecule has 0 unspecified atom stereocenters. The zero-order valence-corrected chi connectivity index (χ0v) is 9.77. The summed E-state index contributed by atoms with van der Waals surface area (Å²) in [6.07, 6.45) is 3.21. The van der Waals surface area contributed by atoms with Crippen molar-refractivity contribution in [3.8, 4) is 0 Å². The summed E-state index contributed by atoms with van der Waals surface area (Å²) in [6.45, 7) is 5.12. The molecule has 3 nitrogen and oxygen atoms in total. The molecule has 1 N–H and O–H groups in total. The molecule has 0 radical (unpaired) electrons. The molecule has 0 aliphatic heterocycles. The van der Waals surface area contributed by atoms with Gasteiger partial charge >= 0.3 is 0 Å². The highest BCUT2D eigenvalue weighted by molar-refractivity contribution is 5.43. The van der Waals surface area contributed by atoms with Crippen LogP contribution in [0.5, 0.6) is 0 Å². The van der Waals surface area contributed by atoms with Gasteiger partial charge in [0.25, 0.3) is 0 Å². The van der Waals surface area contributed by atoms with Crippen LogP contribution in [0.15, 0.2) is 18.3 Å². The van der Waals surface area contributed by atoms with Gasteiger partial charge in [-0.05, 0) is 25.0 Å². The molecule has 0 fully saturated rings. The second-order valence-electron chi connectivity index (χ2n) is 3.79. The number of aliphatic hydroxyl groups is 1. The van der Waals surface area contributed by atoms with Gasteiger partial charge in [-0.2, -0.15) is 0 Å². The quantitative estimate of drug-likeness (QED) is 0.807. The summed E-state index contributed by atoms with van der Waals surface area (Å²) in [6, 6.07) is 3.91. The van der Waals surface area contributed by atoms with E-state index in [0.29, 0.717) is 6.42 Å². The van der Waals surface area contributed by atoms with Crippen LogP contribution in [0, 0.1) is 0 Å². The molecule has 0 saturated carbocycles. The van der Waals surface area contributed by atoms with Crippen LogP contribution in [0.3, 0.4) is 0 Å². The maximum absolute atomic E-state index is 9.59. The first kappa shape index (κ1) is 12.0. The number of hydrogen-bond acceptors (Lipinski definition) is 3. The Morgan fingerprint density at radius 2 is 2.13 bits per heavy atom. The second-order valence-corrected chi connectivity index (χ2v) is 3.79. The zero-order valence-electron chi connectivity index (χ0n) is 9.77. The van der Waals surface area contributed by atoms with Crippen molar-refractivity contribution in [1.82, 2.24) is 4.98 Å². The van der Waals surface area contributed by atoms with Gasteiger partial charge in [-0.3, -0.25) is 4.98 Å². The van der Waals surface area contributed by atoms with Gasteiger partial charge in [0.15, 0.2) is 0 Å². The predicted molar refractivity (Wildman–Crippen MR) is 63.0 cm³/mol. The summed E-state index contributed by atoms with van der Waals surface area (Å²) < 4.78 is 0. The van der Waals surface area contributed by atoms with E-state index in [0.717, 1.165) is 24.3 Å². The van der Waals surface area contributed by atoms with Gasteiger partial charge in [-0.15, -0.1) is 0 Å². The van der Waals surface area contributed by atoms with E-state index < -0.39 is 6.10 Å². The third-order valence-electron chi connectivity index (χ3n) is 2.50. The molecule has 1 heterocycles. The van der Waals surface area contributed by atoms with E-state index in [1.807, 2.05) is 25.3 Å². The average molecular weight is 208 g/mol. The summed E-state index contributed by atoms with van der Waals surface area (Å²) in [5.41, 5.74) is 1.86. The third-order valence-corrected chi connectivity index (χ3v) is 2.50. The molecule has 1 aromatic heterocycles. The first-order valence-electron chi connectivity index (χ1n) is 5.54. The predicted octanol–water partition coefficient (Wildman–Crippen LogP) is 2.37. The Kier molecular flexibility index (Phi) is 4.56. The molecule has 0 spiro atoms. The zero-order chi connectivity index (χ0) is 11.3. The number of aromatic nitrogens is 1. The lowest BCUT2D eigenvalue weighted by molar-refractivity contribution is 0.169. The molecule has 0 bridgehead atoms. The fourth-order valence-corrected chi connectivity index (χ4v) is 1.49. The van der Waals surface area contributed by atoms with Crippen LogP contribution in [0.2, 0.25) is 0 Å². The molecular weight excluding hydrogens is 188 g/mol. The summed E-state index contributed by atoms with van der Waals surface area (Å²) in [5.74, 6) is 0. The molecule has 0 aliphatic rings. The van der Waals surface area contributed by atoms with E-state index in [2.05, 4.69) is 23.9 Å². The van der Waals surface area contributed by atoms with Gasteiger partial charge in [0.2, 0.25) is 0 Å². The Bertz CT molecular complexity index is 284. The van der Waals surface area contributed by atoms with Crippen molar-refractivity contribution < 1.29 is 5.11 Å². The highest BCUT2D eigenvalue weighted by Gasteiger charge is 2.06. The van der Waals surface area contributed by atoms with E-state index in [1.54, 1.807) is 0 Å². The molecule has 3 heteroatoms. The third kappa shape index (κ3) is 3.20. The maximum Gasteiger partial charge on any atom is 0.0957 e.